The third kappa shape index (κ3) is 9.81. The Morgan fingerprint density at radius 1 is 0.324 bits per heavy atom. The van der Waals surface area contributed by atoms with E-state index >= 15 is 0 Å². The summed E-state index contributed by atoms with van der Waals surface area (Å²) in [5, 5.41) is 0. The van der Waals surface area contributed by atoms with Gasteiger partial charge in [-0.05, 0) is 97.1 Å². The van der Waals surface area contributed by atoms with Crippen LogP contribution in [0.25, 0.3) is 0 Å². The van der Waals surface area contributed by atoms with Gasteiger partial charge >= 0.3 is 0 Å². The van der Waals surface area contributed by atoms with Gasteiger partial charge in [-0.15, -0.1) is 0 Å². The fourth-order valence-corrected chi connectivity index (χ4v) is 2.99. The van der Waals surface area contributed by atoms with Gasteiger partial charge in [0.15, 0.2) is 0 Å². The van der Waals surface area contributed by atoms with E-state index in [2.05, 4.69) is 23.7 Å². The molecule has 4 rings (SSSR count). The minimum absolute atomic E-state index is 0. The predicted octanol–water partition coefficient (Wildman–Crippen LogP) is 6.20. The summed E-state index contributed by atoms with van der Waals surface area (Å²) >= 11 is 0. The van der Waals surface area contributed by atoms with E-state index in [9.17, 15) is 0 Å². The monoisotopic (exact) mass is 671 g/mol. The summed E-state index contributed by atoms with van der Waals surface area (Å²) in [6.07, 6.45) is 0. The van der Waals surface area contributed by atoms with Gasteiger partial charge in [0.1, 0.15) is 23.0 Å². The second kappa shape index (κ2) is 15.8. The zero-order valence-electron chi connectivity index (χ0n) is 21.2. The largest absolute Gasteiger partial charge is 0.497 e. The molecule has 0 heterocycles. The molecule has 0 atom stereocenters. The summed E-state index contributed by atoms with van der Waals surface area (Å²) in [4.78, 5) is 0. The molecular weight excluding hydrogens is 643 g/mol. The van der Waals surface area contributed by atoms with E-state index in [4.69, 9.17) is 18.9 Å². The van der Waals surface area contributed by atoms with Crippen molar-refractivity contribution in [2.75, 3.05) is 28.4 Å². The molecule has 4 aromatic rings. The summed E-state index contributed by atoms with van der Waals surface area (Å²) in [6, 6.07) is 30.7. The van der Waals surface area contributed by atoms with Gasteiger partial charge in [-0.1, -0.05) is 23.7 Å². The van der Waals surface area contributed by atoms with Crippen LogP contribution in [0.4, 0.5) is 0 Å². The Balaban J connectivity index is 0.000000253. The topological polar surface area (TPSA) is 36.9 Å². The molecule has 190 valence electrons. The van der Waals surface area contributed by atoms with Gasteiger partial charge in [-0.2, -0.15) is 0 Å². The van der Waals surface area contributed by atoms with Crippen molar-refractivity contribution in [3.63, 3.8) is 0 Å². The molecule has 0 aliphatic rings. The first kappa shape index (κ1) is 29.1. The quantitative estimate of drug-likeness (QED) is 0.242. The molecule has 0 saturated heterocycles. The van der Waals surface area contributed by atoms with Crippen LogP contribution >= 0.6 is 0 Å². The molecule has 37 heavy (non-hydrogen) atoms. The molecule has 0 saturated carbocycles. The minimum atomic E-state index is 0. The van der Waals surface area contributed by atoms with Gasteiger partial charge in [0.25, 0.3) is 0 Å². The molecule has 0 aromatic heterocycles. The van der Waals surface area contributed by atoms with Crippen molar-refractivity contribution >= 4 is 0 Å². The zero-order valence-corrected chi connectivity index (χ0v) is 23.5. The molecule has 0 aliphatic heterocycles. The van der Waals surface area contributed by atoms with E-state index in [-0.39, 0.29) is 21.1 Å². The zero-order chi connectivity index (χ0) is 25.6. The molecule has 0 amide bonds. The van der Waals surface area contributed by atoms with Gasteiger partial charge in [-0.25, -0.2) is 0 Å². The molecule has 0 spiro atoms. The van der Waals surface area contributed by atoms with Crippen LogP contribution in [-0.4, -0.2) is 28.4 Å². The van der Waals surface area contributed by atoms with Crippen molar-refractivity contribution in [3.8, 4) is 46.7 Å². The first-order valence-corrected chi connectivity index (χ1v) is 11.2. The van der Waals surface area contributed by atoms with E-state index in [0.717, 1.165) is 45.3 Å². The van der Waals surface area contributed by atoms with Gasteiger partial charge in [0, 0.05) is 43.3 Å². The van der Waals surface area contributed by atoms with Crippen molar-refractivity contribution < 1.29 is 40.0 Å². The van der Waals surface area contributed by atoms with Crippen LogP contribution in [0.2, 0.25) is 0 Å². The van der Waals surface area contributed by atoms with E-state index < -0.39 is 0 Å². The summed E-state index contributed by atoms with van der Waals surface area (Å²) in [7, 11) is 6.60. The molecule has 0 radical (unpaired) electrons. The smallest absolute Gasteiger partial charge is 0.118 e. The third-order valence-electron chi connectivity index (χ3n) is 5.06. The molecule has 0 N–H and O–H groups in total. The number of benzene rings is 4. The van der Waals surface area contributed by atoms with Gasteiger partial charge < -0.3 is 18.9 Å². The molecule has 0 aliphatic carbocycles. The first-order valence-electron chi connectivity index (χ1n) is 11.2. The van der Waals surface area contributed by atoms with E-state index in [1.165, 1.54) is 0 Å². The van der Waals surface area contributed by atoms with Crippen molar-refractivity contribution in [1.29, 1.82) is 0 Å². The van der Waals surface area contributed by atoms with E-state index in [1.807, 2.05) is 97.1 Å². The molecule has 4 aromatic carbocycles. The Bertz CT molecular complexity index is 1130. The number of hydrogen-bond acceptors (Lipinski definition) is 4. The van der Waals surface area contributed by atoms with Crippen LogP contribution in [0.3, 0.4) is 0 Å². The van der Waals surface area contributed by atoms with Crippen molar-refractivity contribution in [1.82, 2.24) is 0 Å². The fraction of sp³-hybridized carbons (Fsp3) is 0.125. The van der Waals surface area contributed by atoms with Crippen molar-refractivity contribution in [2.45, 2.75) is 0 Å². The Hall–Kier alpha value is -4.11. The number of methoxy groups -OCH3 is 4. The molecular formula is C32H28O4Pt. The standard InChI is InChI=1S/2C16H14O2.Pt/c2*1-17-15-9-5-13(6-10-15)3-4-14-7-11-16(18-2)12-8-14;/h2*5-12H,1-2H3;. The molecule has 4 nitrogen and oxygen atoms in total. The maximum absolute atomic E-state index is 5.10. The second-order valence-corrected chi connectivity index (χ2v) is 7.41. The average molecular weight is 672 g/mol. The maximum Gasteiger partial charge on any atom is 0.118 e. The average Bonchev–Trinajstić information content (AvgIpc) is 2.96. The summed E-state index contributed by atoms with van der Waals surface area (Å²) in [6.45, 7) is 0. The molecule has 0 bridgehead atoms. The fourth-order valence-electron chi connectivity index (χ4n) is 2.99. The maximum atomic E-state index is 5.10. The Morgan fingerprint density at radius 3 is 0.622 bits per heavy atom. The van der Waals surface area contributed by atoms with Crippen LogP contribution in [-0.2, 0) is 21.1 Å². The molecule has 0 unspecified atom stereocenters. The number of ether oxygens (including phenoxy) is 4. The number of rotatable bonds is 4. The van der Waals surface area contributed by atoms with Crippen molar-refractivity contribution in [3.05, 3.63) is 119 Å². The third-order valence-corrected chi connectivity index (χ3v) is 5.06. The SMILES string of the molecule is COc1ccc(C#Cc2ccc(OC)cc2)cc1.COc1ccc(C#Cc2ccc(OC)cc2)cc1.[Pt]. The molecule has 5 heteroatoms. The van der Waals surface area contributed by atoms with Crippen LogP contribution in [0.1, 0.15) is 22.3 Å². The molecule has 0 fully saturated rings. The van der Waals surface area contributed by atoms with Gasteiger partial charge in [0.05, 0.1) is 28.4 Å². The van der Waals surface area contributed by atoms with Crippen LogP contribution in [0.5, 0.6) is 23.0 Å². The second-order valence-electron chi connectivity index (χ2n) is 7.41. The van der Waals surface area contributed by atoms with E-state index in [0.29, 0.717) is 0 Å². The Morgan fingerprint density at radius 2 is 0.486 bits per heavy atom. The minimum Gasteiger partial charge on any atom is -0.497 e. The van der Waals surface area contributed by atoms with E-state index in [1.54, 1.807) is 28.4 Å². The normalized spacial score (nSPS) is 8.97. The summed E-state index contributed by atoms with van der Waals surface area (Å²) in [5.41, 5.74) is 3.86. The van der Waals surface area contributed by atoms with Crippen LogP contribution in [0, 0.1) is 23.7 Å². The summed E-state index contributed by atoms with van der Waals surface area (Å²) < 4.78 is 20.4. The van der Waals surface area contributed by atoms with Gasteiger partial charge in [-0.3, -0.25) is 0 Å². The van der Waals surface area contributed by atoms with Crippen LogP contribution in [0.15, 0.2) is 97.1 Å². The summed E-state index contributed by atoms with van der Waals surface area (Å²) in [5.74, 6) is 15.8. The van der Waals surface area contributed by atoms with Crippen LogP contribution < -0.4 is 18.9 Å². The first-order chi connectivity index (χ1) is 17.6. The number of hydrogen-bond donors (Lipinski definition) is 0. The van der Waals surface area contributed by atoms with Crippen molar-refractivity contribution in [2.24, 2.45) is 0 Å². The van der Waals surface area contributed by atoms with Gasteiger partial charge in [0.2, 0.25) is 0 Å². The predicted molar refractivity (Wildman–Crippen MR) is 144 cm³/mol. The Kier molecular flexibility index (Phi) is 12.4. The Labute approximate surface area is 233 Å².